The van der Waals surface area contributed by atoms with Crippen molar-refractivity contribution in [1.82, 2.24) is 0 Å². The summed E-state index contributed by atoms with van der Waals surface area (Å²) in [5.74, 6) is 0.200. The maximum atomic E-state index is 9.35. The summed E-state index contributed by atoms with van der Waals surface area (Å²) in [5.41, 5.74) is 0. The van der Waals surface area contributed by atoms with Crippen molar-refractivity contribution >= 4 is 6.21 Å². The fraction of sp³-hybridized carbons (Fsp3) is 0.903. The first-order valence-corrected chi connectivity index (χ1v) is 15.3. The molecule has 0 spiro atoms. The average molecular weight is 480 g/mol. The van der Waals surface area contributed by atoms with E-state index < -0.39 is 0 Å². The van der Waals surface area contributed by atoms with Crippen molar-refractivity contribution in [2.45, 2.75) is 167 Å². The Balaban J connectivity index is 3.09. The largest absolute Gasteiger partial charge is 0.512 e. The summed E-state index contributed by atoms with van der Waals surface area (Å²) in [4.78, 5) is 4.31. The van der Waals surface area contributed by atoms with Gasteiger partial charge >= 0.3 is 0 Å². The standard InChI is InChI=1S/C31H61NO2/c1-2-3-4-5-6-7-8-9-10-11-12-13-14-15-16-17-18-19-20-21-22-23-24-25-28-32-29-26-31(34)27-30-33/h27,29,33-34H,2-26,28,30H2,1H3. The predicted octanol–water partition coefficient (Wildman–Crippen LogP) is 10.3. The number of rotatable bonds is 28. The minimum atomic E-state index is -0.112. The van der Waals surface area contributed by atoms with Gasteiger partial charge in [-0.3, -0.25) is 4.99 Å². The SMILES string of the molecule is CCCCCCCCCCCCCCCCCCCCCCCCCCN=CCC(O)=CCO. The number of nitrogens with zero attached hydrogens (tertiary/aromatic N) is 1. The molecule has 0 fully saturated rings. The van der Waals surface area contributed by atoms with E-state index in [2.05, 4.69) is 11.9 Å². The molecular formula is C31H61NO2. The summed E-state index contributed by atoms with van der Waals surface area (Å²) in [6.45, 7) is 3.04. The van der Waals surface area contributed by atoms with Gasteiger partial charge < -0.3 is 10.2 Å². The first-order chi connectivity index (χ1) is 16.8. The van der Waals surface area contributed by atoms with Gasteiger partial charge in [0.15, 0.2) is 0 Å². The summed E-state index contributed by atoms with van der Waals surface area (Å²) in [6, 6.07) is 0. The molecule has 202 valence electrons. The number of aliphatic imine (C=N–C) groups is 1. The lowest BCUT2D eigenvalue weighted by Crippen LogP contribution is -1.88. The van der Waals surface area contributed by atoms with Crippen molar-refractivity contribution < 1.29 is 10.2 Å². The van der Waals surface area contributed by atoms with Crippen LogP contribution in [0.5, 0.6) is 0 Å². The molecule has 0 aromatic heterocycles. The number of hydrogen-bond acceptors (Lipinski definition) is 3. The Hall–Kier alpha value is -0.830. The van der Waals surface area contributed by atoms with Gasteiger partial charge in [0.2, 0.25) is 0 Å². The number of aliphatic hydroxyl groups excluding tert-OH is 2. The summed E-state index contributed by atoms with van der Waals surface area (Å²) >= 11 is 0. The molecule has 0 unspecified atom stereocenters. The maximum Gasteiger partial charge on any atom is 0.0958 e. The third-order valence-electron chi connectivity index (χ3n) is 6.90. The van der Waals surface area contributed by atoms with Crippen LogP contribution in [0.25, 0.3) is 0 Å². The Bertz CT molecular complexity index is 433. The molecule has 0 atom stereocenters. The van der Waals surface area contributed by atoms with Gasteiger partial charge in [0.25, 0.3) is 0 Å². The van der Waals surface area contributed by atoms with Crippen LogP contribution >= 0.6 is 0 Å². The third kappa shape index (κ3) is 29.2. The number of allylic oxidation sites excluding steroid dienone is 1. The van der Waals surface area contributed by atoms with Crippen LogP contribution in [0.3, 0.4) is 0 Å². The molecule has 0 aliphatic rings. The zero-order valence-electron chi connectivity index (χ0n) is 23.1. The van der Waals surface area contributed by atoms with E-state index in [-0.39, 0.29) is 12.4 Å². The normalized spacial score (nSPS) is 12.2. The molecule has 0 heterocycles. The topological polar surface area (TPSA) is 52.8 Å². The molecule has 3 heteroatoms. The molecule has 0 aromatic rings. The smallest absolute Gasteiger partial charge is 0.0958 e. The summed E-state index contributed by atoms with van der Waals surface area (Å²) in [5, 5.41) is 18.0. The zero-order chi connectivity index (χ0) is 24.8. The number of unbranched alkanes of at least 4 members (excludes halogenated alkanes) is 23. The quantitative estimate of drug-likeness (QED) is 0.0666. The summed E-state index contributed by atoms with van der Waals surface area (Å²) in [7, 11) is 0. The minimum Gasteiger partial charge on any atom is -0.512 e. The molecule has 0 rings (SSSR count). The second-order valence-corrected chi connectivity index (χ2v) is 10.3. The monoisotopic (exact) mass is 479 g/mol. The Morgan fingerprint density at radius 2 is 0.853 bits per heavy atom. The molecule has 34 heavy (non-hydrogen) atoms. The van der Waals surface area contributed by atoms with Gasteiger partial charge in [0, 0.05) is 19.2 Å². The van der Waals surface area contributed by atoms with E-state index >= 15 is 0 Å². The Kier molecular flexibility index (Phi) is 29.5. The van der Waals surface area contributed by atoms with E-state index in [1.165, 1.54) is 154 Å². The van der Waals surface area contributed by atoms with Crippen molar-refractivity contribution in [2.75, 3.05) is 13.2 Å². The van der Waals surface area contributed by atoms with Crippen LogP contribution in [0.1, 0.15) is 167 Å². The fourth-order valence-corrected chi connectivity index (χ4v) is 4.60. The van der Waals surface area contributed by atoms with Crippen LogP contribution in [-0.2, 0) is 0 Å². The van der Waals surface area contributed by atoms with Crippen LogP contribution in [0.15, 0.2) is 16.8 Å². The second kappa shape index (κ2) is 30.2. The average Bonchev–Trinajstić information content (AvgIpc) is 2.83. The number of hydrogen-bond donors (Lipinski definition) is 2. The summed E-state index contributed by atoms with van der Waals surface area (Å²) in [6.07, 6.45) is 37.6. The highest BCUT2D eigenvalue weighted by atomic mass is 16.3. The van der Waals surface area contributed by atoms with Crippen molar-refractivity contribution in [1.29, 1.82) is 0 Å². The molecule has 0 radical (unpaired) electrons. The van der Waals surface area contributed by atoms with Gasteiger partial charge in [-0.25, -0.2) is 0 Å². The first-order valence-electron chi connectivity index (χ1n) is 15.3. The Labute approximate surface area is 213 Å². The lowest BCUT2D eigenvalue weighted by molar-refractivity contribution is 0.328. The fourth-order valence-electron chi connectivity index (χ4n) is 4.60. The molecule has 0 saturated carbocycles. The van der Waals surface area contributed by atoms with E-state index in [0.29, 0.717) is 6.42 Å². The van der Waals surface area contributed by atoms with Gasteiger partial charge in [-0.05, 0) is 12.5 Å². The van der Waals surface area contributed by atoms with Crippen LogP contribution in [-0.4, -0.2) is 29.6 Å². The van der Waals surface area contributed by atoms with Crippen molar-refractivity contribution in [3.63, 3.8) is 0 Å². The van der Waals surface area contributed by atoms with E-state index in [0.717, 1.165) is 13.0 Å². The molecule has 2 N–H and O–H groups in total. The van der Waals surface area contributed by atoms with E-state index in [1.807, 2.05) is 0 Å². The lowest BCUT2D eigenvalue weighted by atomic mass is 10.0. The highest BCUT2D eigenvalue weighted by molar-refractivity contribution is 5.60. The van der Waals surface area contributed by atoms with E-state index in [9.17, 15) is 5.11 Å². The highest BCUT2D eigenvalue weighted by Gasteiger charge is 1.96. The van der Waals surface area contributed by atoms with Crippen molar-refractivity contribution in [3.05, 3.63) is 11.8 Å². The van der Waals surface area contributed by atoms with Crippen molar-refractivity contribution in [2.24, 2.45) is 4.99 Å². The molecule has 0 aliphatic carbocycles. The summed E-state index contributed by atoms with van der Waals surface area (Å²) < 4.78 is 0. The van der Waals surface area contributed by atoms with Gasteiger partial charge in [-0.2, -0.15) is 0 Å². The maximum absolute atomic E-state index is 9.35. The molecular weight excluding hydrogens is 418 g/mol. The molecule has 3 nitrogen and oxygen atoms in total. The van der Waals surface area contributed by atoms with Crippen LogP contribution in [0.4, 0.5) is 0 Å². The molecule has 0 aromatic carbocycles. The molecule has 0 bridgehead atoms. The zero-order valence-corrected chi connectivity index (χ0v) is 23.1. The van der Waals surface area contributed by atoms with Crippen LogP contribution < -0.4 is 0 Å². The van der Waals surface area contributed by atoms with Crippen molar-refractivity contribution in [3.8, 4) is 0 Å². The Morgan fingerprint density at radius 3 is 1.18 bits per heavy atom. The van der Waals surface area contributed by atoms with Gasteiger partial charge in [-0.1, -0.05) is 155 Å². The minimum absolute atomic E-state index is 0.112. The Morgan fingerprint density at radius 1 is 0.529 bits per heavy atom. The second-order valence-electron chi connectivity index (χ2n) is 10.3. The van der Waals surface area contributed by atoms with Gasteiger partial charge in [0.1, 0.15) is 0 Å². The van der Waals surface area contributed by atoms with E-state index in [1.54, 1.807) is 6.21 Å². The first kappa shape index (κ1) is 33.2. The molecule has 0 saturated heterocycles. The third-order valence-corrected chi connectivity index (χ3v) is 6.90. The molecule has 0 aliphatic heterocycles. The lowest BCUT2D eigenvalue weighted by Gasteiger charge is -2.04. The van der Waals surface area contributed by atoms with E-state index in [4.69, 9.17) is 5.11 Å². The highest BCUT2D eigenvalue weighted by Crippen LogP contribution is 2.15. The van der Waals surface area contributed by atoms with Crippen LogP contribution in [0, 0.1) is 0 Å². The molecule has 0 amide bonds. The van der Waals surface area contributed by atoms with Gasteiger partial charge in [-0.15, -0.1) is 0 Å². The predicted molar refractivity (Wildman–Crippen MR) is 152 cm³/mol. The number of aliphatic hydroxyl groups is 2. The van der Waals surface area contributed by atoms with Gasteiger partial charge in [0.05, 0.1) is 12.4 Å². The van der Waals surface area contributed by atoms with Crippen LogP contribution in [0.2, 0.25) is 0 Å².